The number of benzene rings is 1. The molecular weight excluding hydrogens is 377 g/mol. The van der Waals surface area contributed by atoms with Gasteiger partial charge in [0.15, 0.2) is 0 Å². The van der Waals surface area contributed by atoms with Crippen molar-refractivity contribution < 1.29 is 14.4 Å². The van der Waals surface area contributed by atoms with Crippen LogP contribution in [0.3, 0.4) is 0 Å². The lowest BCUT2D eigenvalue weighted by Gasteiger charge is -2.36. The monoisotopic (exact) mass is 397 g/mol. The molecule has 6 nitrogen and oxygen atoms in total. The lowest BCUT2D eigenvalue weighted by atomic mass is 9.73. The van der Waals surface area contributed by atoms with Crippen molar-refractivity contribution in [1.82, 2.24) is 15.5 Å². The van der Waals surface area contributed by atoms with E-state index in [-0.39, 0.29) is 24.9 Å². The minimum atomic E-state index is -0.852. The highest BCUT2D eigenvalue weighted by Crippen LogP contribution is 2.38. The number of nitrogens with zero attached hydrogens (tertiary/aromatic N) is 1. The standard InChI is InChI=1S/C18H21Cl2N3O3/c1-11-4-2-3-7-18(11)16(25)23(17(26)22-18)10-15(24)21-9-12-5-6-13(19)8-14(12)20/h5-6,8,11H,2-4,7,9-10H2,1H3,(H,21,24)(H,22,26)/t11-,18-/m1/s1. The van der Waals surface area contributed by atoms with Crippen LogP contribution in [0.2, 0.25) is 10.0 Å². The van der Waals surface area contributed by atoms with Crippen molar-refractivity contribution in [2.45, 2.75) is 44.7 Å². The number of halogens is 2. The molecule has 2 atom stereocenters. The van der Waals surface area contributed by atoms with E-state index in [0.717, 1.165) is 24.2 Å². The fraction of sp³-hybridized carbons (Fsp3) is 0.500. The quantitative estimate of drug-likeness (QED) is 0.765. The van der Waals surface area contributed by atoms with Crippen LogP contribution in [0.25, 0.3) is 0 Å². The summed E-state index contributed by atoms with van der Waals surface area (Å²) in [5, 5.41) is 6.48. The van der Waals surface area contributed by atoms with Gasteiger partial charge in [-0.25, -0.2) is 4.79 Å². The van der Waals surface area contributed by atoms with Crippen molar-refractivity contribution in [3.8, 4) is 0 Å². The molecule has 1 spiro atoms. The Morgan fingerprint density at radius 1 is 1.35 bits per heavy atom. The number of hydrogen-bond acceptors (Lipinski definition) is 3. The van der Waals surface area contributed by atoms with Gasteiger partial charge in [-0.05, 0) is 36.5 Å². The van der Waals surface area contributed by atoms with Gasteiger partial charge in [0.1, 0.15) is 12.1 Å². The van der Waals surface area contributed by atoms with Gasteiger partial charge < -0.3 is 10.6 Å². The summed E-state index contributed by atoms with van der Waals surface area (Å²) >= 11 is 11.9. The predicted octanol–water partition coefficient (Wildman–Crippen LogP) is 3.11. The summed E-state index contributed by atoms with van der Waals surface area (Å²) in [4.78, 5) is 38.4. The van der Waals surface area contributed by atoms with Crippen LogP contribution in [0.1, 0.15) is 38.2 Å². The van der Waals surface area contributed by atoms with Crippen LogP contribution in [0.4, 0.5) is 4.79 Å². The molecule has 4 amide bonds. The summed E-state index contributed by atoms with van der Waals surface area (Å²) < 4.78 is 0. The minimum absolute atomic E-state index is 0.0636. The van der Waals surface area contributed by atoms with Crippen LogP contribution >= 0.6 is 23.2 Å². The Hall–Kier alpha value is -1.79. The summed E-state index contributed by atoms with van der Waals surface area (Å²) in [6, 6.07) is 4.50. The number of carbonyl (C=O) groups excluding carboxylic acids is 3. The molecule has 2 fully saturated rings. The van der Waals surface area contributed by atoms with Crippen LogP contribution in [0, 0.1) is 5.92 Å². The summed E-state index contributed by atoms with van der Waals surface area (Å²) in [7, 11) is 0. The number of nitrogens with one attached hydrogen (secondary N) is 2. The Labute approximate surface area is 162 Å². The summed E-state index contributed by atoms with van der Waals surface area (Å²) in [5.74, 6) is -0.650. The average Bonchev–Trinajstić information content (AvgIpc) is 2.82. The van der Waals surface area contributed by atoms with Crippen LogP contribution in [0.5, 0.6) is 0 Å². The molecule has 1 aromatic rings. The summed E-state index contributed by atoms with van der Waals surface area (Å²) in [6.45, 7) is 1.87. The van der Waals surface area contributed by atoms with Crippen molar-refractivity contribution in [2.75, 3.05) is 6.54 Å². The lowest BCUT2D eigenvalue weighted by molar-refractivity contribution is -0.137. The molecule has 1 saturated carbocycles. The van der Waals surface area contributed by atoms with E-state index >= 15 is 0 Å². The normalized spacial score (nSPS) is 25.5. The molecule has 1 aliphatic heterocycles. The average molecular weight is 398 g/mol. The van der Waals surface area contributed by atoms with E-state index in [1.54, 1.807) is 18.2 Å². The molecule has 1 saturated heterocycles. The molecule has 2 N–H and O–H groups in total. The van der Waals surface area contributed by atoms with E-state index in [1.165, 1.54) is 0 Å². The minimum Gasteiger partial charge on any atom is -0.350 e. The molecule has 3 rings (SSSR count). The Morgan fingerprint density at radius 3 is 2.81 bits per heavy atom. The van der Waals surface area contributed by atoms with Crippen molar-refractivity contribution in [2.24, 2.45) is 5.92 Å². The Balaban J connectivity index is 1.62. The van der Waals surface area contributed by atoms with Crippen molar-refractivity contribution in [3.05, 3.63) is 33.8 Å². The first kappa shape index (κ1) is 19.0. The van der Waals surface area contributed by atoms with Crippen LogP contribution in [0.15, 0.2) is 18.2 Å². The Kier molecular flexibility index (Phi) is 5.44. The molecule has 1 heterocycles. The zero-order chi connectivity index (χ0) is 18.9. The molecule has 0 unspecified atom stereocenters. The van der Waals surface area contributed by atoms with Crippen molar-refractivity contribution >= 4 is 41.0 Å². The third-order valence-electron chi connectivity index (χ3n) is 5.29. The molecule has 0 aromatic heterocycles. The Bertz CT molecular complexity index is 755. The molecule has 8 heteroatoms. The zero-order valence-electron chi connectivity index (χ0n) is 14.5. The van der Waals surface area contributed by atoms with Gasteiger partial charge in [-0.1, -0.05) is 49.0 Å². The molecule has 0 bridgehead atoms. The molecule has 26 heavy (non-hydrogen) atoms. The van der Waals surface area contributed by atoms with Gasteiger partial charge >= 0.3 is 6.03 Å². The first-order chi connectivity index (χ1) is 12.3. The van der Waals surface area contributed by atoms with Gasteiger partial charge in [-0.15, -0.1) is 0 Å². The van der Waals surface area contributed by atoms with Gasteiger partial charge in [-0.2, -0.15) is 0 Å². The number of urea groups is 1. The van der Waals surface area contributed by atoms with Crippen molar-refractivity contribution in [3.63, 3.8) is 0 Å². The van der Waals surface area contributed by atoms with Gasteiger partial charge in [-0.3, -0.25) is 14.5 Å². The molecule has 2 aliphatic rings. The molecule has 1 aliphatic carbocycles. The number of rotatable bonds is 4. The first-order valence-corrected chi connectivity index (χ1v) is 9.44. The molecular formula is C18H21Cl2N3O3. The largest absolute Gasteiger partial charge is 0.350 e. The van der Waals surface area contributed by atoms with E-state index in [1.807, 2.05) is 6.92 Å². The number of hydrogen-bond donors (Lipinski definition) is 2. The van der Waals surface area contributed by atoms with Gasteiger partial charge in [0.2, 0.25) is 5.91 Å². The SMILES string of the molecule is C[C@@H]1CCCC[C@@]12NC(=O)N(CC(=O)NCc1ccc(Cl)cc1Cl)C2=O. The van der Waals surface area contributed by atoms with Crippen LogP contribution in [-0.2, 0) is 16.1 Å². The van der Waals surface area contributed by atoms with E-state index in [9.17, 15) is 14.4 Å². The highest BCUT2D eigenvalue weighted by atomic mass is 35.5. The maximum absolute atomic E-state index is 12.8. The molecule has 140 valence electrons. The van der Waals surface area contributed by atoms with E-state index < -0.39 is 17.5 Å². The molecule has 1 aromatic carbocycles. The fourth-order valence-corrected chi connectivity index (χ4v) is 4.17. The number of amides is 4. The Morgan fingerprint density at radius 2 is 2.12 bits per heavy atom. The first-order valence-electron chi connectivity index (χ1n) is 8.68. The smallest absolute Gasteiger partial charge is 0.325 e. The van der Waals surface area contributed by atoms with Gasteiger partial charge in [0.05, 0.1) is 0 Å². The van der Waals surface area contributed by atoms with E-state index in [0.29, 0.717) is 22.0 Å². The number of imide groups is 1. The highest BCUT2D eigenvalue weighted by Gasteiger charge is 2.55. The highest BCUT2D eigenvalue weighted by molar-refractivity contribution is 6.35. The summed E-state index contributed by atoms with van der Waals surface area (Å²) in [6.07, 6.45) is 3.46. The topological polar surface area (TPSA) is 78.5 Å². The third kappa shape index (κ3) is 3.53. The second-order valence-corrected chi connectivity index (χ2v) is 7.80. The maximum atomic E-state index is 12.8. The molecule has 0 radical (unpaired) electrons. The fourth-order valence-electron chi connectivity index (χ4n) is 3.70. The van der Waals surface area contributed by atoms with Crippen LogP contribution in [-0.4, -0.2) is 34.8 Å². The van der Waals surface area contributed by atoms with Crippen molar-refractivity contribution in [1.29, 1.82) is 0 Å². The zero-order valence-corrected chi connectivity index (χ0v) is 16.0. The van der Waals surface area contributed by atoms with Gasteiger partial charge in [0.25, 0.3) is 5.91 Å². The third-order valence-corrected chi connectivity index (χ3v) is 5.88. The van der Waals surface area contributed by atoms with Gasteiger partial charge in [0, 0.05) is 16.6 Å². The predicted molar refractivity (Wildman–Crippen MR) is 98.9 cm³/mol. The number of carbonyl (C=O) groups is 3. The second-order valence-electron chi connectivity index (χ2n) is 6.95. The maximum Gasteiger partial charge on any atom is 0.325 e. The summed E-state index contributed by atoms with van der Waals surface area (Å²) in [5.41, 5.74) is -0.145. The van der Waals surface area contributed by atoms with E-state index in [2.05, 4.69) is 10.6 Å². The second kappa shape index (κ2) is 7.45. The van der Waals surface area contributed by atoms with E-state index in [4.69, 9.17) is 23.2 Å². The van der Waals surface area contributed by atoms with Crippen LogP contribution < -0.4 is 10.6 Å². The lowest BCUT2D eigenvalue weighted by Crippen LogP contribution is -2.54.